The smallest absolute Gasteiger partial charge is 0.0329 e. The van der Waals surface area contributed by atoms with Gasteiger partial charge in [0.2, 0.25) is 0 Å². The molecule has 32 heavy (non-hydrogen) atoms. The van der Waals surface area contributed by atoms with E-state index in [-0.39, 0.29) is 0 Å². The second kappa shape index (κ2) is 6.93. The number of nitrogens with one attached hydrogen (secondary N) is 1. The van der Waals surface area contributed by atoms with Crippen molar-refractivity contribution in [3.8, 4) is 0 Å². The molecule has 0 aromatic heterocycles. The van der Waals surface area contributed by atoms with Crippen LogP contribution in [0.1, 0.15) is 102 Å². The molecular weight excluding hydrogens is 388 g/mol. The Labute approximate surface area is 192 Å². The third-order valence-electron chi connectivity index (χ3n) is 10.8. The molecule has 5 aliphatic heterocycles. The van der Waals surface area contributed by atoms with Gasteiger partial charge in [0, 0.05) is 24.5 Å². The van der Waals surface area contributed by atoms with Gasteiger partial charge >= 0.3 is 0 Å². The molecule has 2 aromatic carbocycles. The highest BCUT2D eigenvalue weighted by Gasteiger charge is 2.48. The van der Waals surface area contributed by atoms with Crippen LogP contribution in [-0.2, 0) is 0 Å². The molecule has 7 atom stereocenters. The molecule has 2 aromatic rings. The van der Waals surface area contributed by atoms with E-state index in [4.69, 9.17) is 0 Å². The molecule has 166 valence electrons. The minimum absolute atomic E-state index is 0.548. The maximum absolute atomic E-state index is 3.82. The number of rotatable bonds is 2. The lowest BCUT2D eigenvalue weighted by Crippen LogP contribution is -2.54. The largest absolute Gasteiger partial charge is 0.309 e. The molecule has 9 aliphatic rings. The molecule has 5 heterocycles. The van der Waals surface area contributed by atoms with Crippen molar-refractivity contribution in [1.82, 2.24) is 10.2 Å². The van der Waals surface area contributed by atoms with Gasteiger partial charge in [-0.1, -0.05) is 42.5 Å². The van der Waals surface area contributed by atoms with E-state index < -0.39 is 0 Å². The van der Waals surface area contributed by atoms with E-state index in [0.717, 1.165) is 36.3 Å². The highest BCUT2D eigenvalue weighted by molar-refractivity contribution is 5.47. The quantitative estimate of drug-likeness (QED) is 0.630. The minimum atomic E-state index is 0.548. The Hall–Kier alpha value is -1.64. The summed E-state index contributed by atoms with van der Waals surface area (Å²) < 4.78 is 0. The summed E-state index contributed by atoms with van der Waals surface area (Å²) >= 11 is 0. The highest BCUT2D eigenvalue weighted by Crippen LogP contribution is 2.57. The van der Waals surface area contributed by atoms with Crippen LogP contribution >= 0.6 is 0 Å². The summed E-state index contributed by atoms with van der Waals surface area (Å²) in [5.74, 6) is 4.94. The van der Waals surface area contributed by atoms with Crippen LogP contribution in [0.4, 0.5) is 0 Å². The molecule has 11 rings (SSSR count). The van der Waals surface area contributed by atoms with Gasteiger partial charge in [0.1, 0.15) is 0 Å². The van der Waals surface area contributed by atoms with Crippen molar-refractivity contribution >= 4 is 0 Å². The summed E-state index contributed by atoms with van der Waals surface area (Å²) in [6, 6.07) is 18.5. The number of hydrogen-bond acceptors (Lipinski definition) is 2. The van der Waals surface area contributed by atoms with Crippen LogP contribution in [0.25, 0.3) is 0 Å². The first kappa shape index (κ1) is 18.7. The molecule has 2 heteroatoms. The van der Waals surface area contributed by atoms with Crippen LogP contribution in [0.15, 0.2) is 42.5 Å². The molecule has 0 radical (unpaired) electrons. The van der Waals surface area contributed by atoms with Crippen LogP contribution in [0, 0.1) is 11.8 Å². The fraction of sp³-hybridized carbons (Fsp3) is 0.600. The van der Waals surface area contributed by atoms with E-state index in [1.807, 2.05) is 0 Å². The Morgan fingerprint density at radius 2 is 1.59 bits per heavy atom. The highest BCUT2D eigenvalue weighted by atomic mass is 15.2. The topological polar surface area (TPSA) is 15.3 Å². The Bertz CT molecular complexity index is 1050. The summed E-state index contributed by atoms with van der Waals surface area (Å²) in [5, 5.41) is 3.82. The zero-order chi connectivity index (χ0) is 20.8. The average molecular weight is 425 g/mol. The fourth-order valence-corrected chi connectivity index (χ4v) is 9.28. The van der Waals surface area contributed by atoms with E-state index in [2.05, 4.69) is 52.7 Å². The fourth-order valence-electron chi connectivity index (χ4n) is 9.28. The zero-order valence-corrected chi connectivity index (χ0v) is 19.2. The van der Waals surface area contributed by atoms with Gasteiger partial charge in [-0.3, -0.25) is 0 Å². The Morgan fingerprint density at radius 1 is 0.719 bits per heavy atom. The maximum Gasteiger partial charge on any atom is 0.0329 e. The van der Waals surface area contributed by atoms with E-state index in [0.29, 0.717) is 17.9 Å². The first-order valence-corrected chi connectivity index (χ1v) is 13.5. The van der Waals surface area contributed by atoms with Crippen LogP contribution < -0.4 is 5.32 Å². The second-order valence-electron chi connectivity index (χ2n) is 12.0. The summed E-state index contributed by atoms with van der Waals surface area (Å²) in [7, 11) is 0. The number of fused-ring (bicyclic) bond motifs is 8. The van der Waals surface area contributed by atoms with Crippen LogP contribution in [-0.4, -0.2) is 30.6 Å². The van der Waals surface area contributed by atoms with Crippen molar-refractivity contribution in [2.75, 3.05) is 19.6 Å². The van der Waals surface area contributed by atoms with Crippen molar-refractivity contribution in [3.63, 3.8) is 0 Å². The van der Waals surface area contributed by atoms with Gasteiger partial charge in [0.25, 0.3) is 0 Å². The third kappa shape index (κ3) is 2.60. The maximum atomic E-state index is 3.82. The molecule has 0 amide bonds. The monoisotopic (exact) mass is 424 g/mol. The van der Waals surface area contributed by atoms with Crippen LogP contribution in [0.5, 0.6) is 0 Å². The molecule has 1 N–H and O–H groups in total. The van der Waals surface area contributed by atoms with Gasteiger partial charge in [-0.05, 0) is 115 Å². The first-order valence-electron chi connectivity index (χ1n) is 13.5. The Morgan fingerprint density at radius 3 is 2.44 bits per heavy atom. The van der Waals surface area contributed by atoms with E-state index in [9.17, 15) is 0 Å². The predicted octanol–water partition coefficient (Wildman–Crippen LogP) is 6.07. The van der Waals surface area contributed by atoms with Gasteiger partial charge in [-0.15, -0.1) is 0 Å². The lowest BCUT2D eigenvalue weighted by atomic mass is 9.57. The second-order valence-corrected chi connectivity index (χ2v) is 12.0. The lowest BCUT2D eigenvalue weighted by Gasteiger charge is -2.54. The van der Waals surface area contributed by atoms with E-state index in [1.165, 1.54) is 58.0 Å². The molecule has 4 aliphatic carbocycles. The average Bonchev–Trinajstić information content (AvgIpc) is 2.90. The normalized spacial score (nSPS) is 43.2. The van der Waals surface area contributed by atoms with Crippen LogP contribution in [0.2, 0.25) is 0 Å². The van der Waals surface area contributed by atoms with E-state index >= 15 is 0 Å². The van der Waals surface area contributed by atoms with Crippen molar-refractivity contribution in [1.29, 1.82) is 0 Å². The first-order chi connectivity index (χ1) is 15.8. The Balaban J connectivity index is 1.15. The van der Waals surface area contributed by atoms with E-state index in [1.54, 1.807) is 27.8 Å². The molecule has 7 unspecified atom stereocenters. The van der Waals surface area contributed by atoms with Crippen molar-refractivity contribution in [3.05, 3.63) is 70.3 Å². The van der Waals surface area contributed by atoms with Gasteiger partial charge < -0.3 is 10.2 Å². The summed E-state index contributed by atoms with van der Waals surface area (Å²) in [6.45, 7) is 3.91. The van der Waals surface area contributed by atoms with Crippen molar-refractivity contribution in [2.45, 2.75) is 80.7 Å². The third-order valence-corrected chi connectivity index (χ3v) is 10.8. The predicted molar refractivity (Wildman–Crippen MR) is 129 cm³/mol. The molecule has 2 nitrogen and oxygen atoms in total. The molecule has 0 spiro atoms. The molecule has 4 saturated heterocycles. The van der Waals surface area contributed by atoms with Crippen molar-refractivity contribution in [2.24, 2.45) is 11.8 Å². The summed E-state index contributed by atoms with van der Waals surface area (Å²) in [5.41, 5.74) is 8.35. The standard InChI is InChI=1S/C30H36N2/c1-2-4-24-22(3-1)28-17-31-29(24)16-25(28)20-5-7-21-19-6-8-23(26(21)14-20)27(15-19)30-13-18-9-11-32(30)12-10-18/h1-5,7,14,18-19,23,25,27-31H,6,8-13,15-17H2. The number of piperidine rings is 4. The van der Waals surface area contributed by atoms with Crippen molar-refractivity contribution < 1.29 is 0 Å². The zero-order valence-electron chi connectivity index (χ0n) is 19.2. The van der Waals surface area contributed by atoms with Gasteiger partial charge in [-0.2, -0.15) is 0 Å². The van der Waals surface area contributed by atoms with Gasteiger partial charge in [0.05, 0.1) is 0 Å². The van der Waals surface area contributed by atoms with Gasteiger partial charge in [0.15, 0.2) is 0 Å². The number of benzene rings is 2. The SMILES string of the molecule is c1ccc2c(c1)C1CC(c3ccc4c(c3)C3CCC4CC3C3CC4CCN3CC4)C2CN1. The molecule has 6 bridgehead atoms. The molecular formula is C30H36N2. The minimum Gasteiger partial charge on any atom is -0.309 e. The summed E-state index contributed by atoms with van der Waals surface area (Å²) in [4.78, 5) is 2.90. The number of nitrogens with zero attached hydrogens (tertiary/aromatic N) is 1. The number of hydrogen-bond donors (Lipinski definition) is 1. The Kier molecular flexibility index (Phi) is 4.06. The van der Waals surface area contributed by atoms with Crippen LogP contribution in [0.3, 0.4) is 0 Å². The lowest BCUT2D eigenvalue weighted by molar-refractivity contribution is -0.00522. The molecule has 1 saturated carbocycles. The molecule has 5 fully saturated rings. The van der Waals surface area contributed by atoms with Gasteiger partial charge in [-0.25, -0.2) is 0 Å². The summed E-state index contributed by atoms with van der Waals surface area (Å²) in [6.07, 6.45) is 10.1.